The third-order valence-electron chi connectivity index (χ3n) is 3.63. The van der Waals surface area contributed by atoms with Crippen molar-refractivity contribution in [2.24, 2.45) is 0 Å². The Hall–Kier alpha value is -2.06. The molecule has 0 aliphatic rings. The van der Waals surface area contributed by atoms with Crippen molar-refractivity contribution in [3.05, 3.63) is 89.5 Å². The summed E-state index contributed by atoms with van der Waals surface area (Å²) in [6.07, 6.45) is 4.59. The van der Waals surface area contributed by atoms with Gasteiger partial charge in [-0.05, 0) is 24.5 Å². The summed E-state index contributed by atoms with van der Waals surface area (Å²) in [7, 11) is 0. The number of rotatable bonds is 4. The third-order valence-corrected chi connectivity index (χ3v) is 3.63. The molecule has 0 radical (unpaired) electrons. The molecule has 1 atom stereocenters. The van der Waals surface area contributed by atoms with Crippen LogP contribution in [0.5, 0.6) is 0 Å². The van der Waals surface area contributed by atoms with E-state index in [4.69, 9.17) is 0 Å². The van der Waals surface area contributed by atoms with Crippen molar-refractivity contribution >= 4 is 12.4 Å². The van der Waals surface area contributed by atoms with Crippen LogP contribution in [-0.4, -0.2) is 9.97 Å². The molecule has 0 spiro atoms. The van der Waals surface area contributed by atoms with E-state index in [1.165, 1.54) is 22.4 Å². The molecule has 0 bridgehead atoms. The average molecular weight is 299 g/mol. The van der Waals surface area contributed by atoms with E-state index in [-0.39, 0.29) is 12.4 Å². The van der Waals surface area contributed by atoms with Crippen LogP contribution in [0.25, 0.3) is 0 Å². The van der Waals surface area contributed by atoms with Gasteiger partial charge in [0.2, 0.25) is 0 Å². The molecule has 0 fully saturated rings. The summed E-state index contributed by atoms with van der Waals surface area (Å²) in [5, 5.41) is 0. The Morgan fingerprint density at radius 2 is 1.76 bits per heavy atom. The van der Waals surface area contributed by atoms with E-state index in [1.54, 1.807) is 6.33 Å². The Bertz CT molecular complexity index is 663. The Kier molecular flexibility index (Phi) is 5.18. The standard InChI is InChI=1S/C18H18N2.ClH/c1-14-6-5-9-16(10-14)18(11-17-12-19-13-20-17)15-7-3-2-4-8-15;/h2-10,12-13,18H,11H2,1H3,(H,19,20);1H. The van der Waals surface area contributed by atoms with E-state index in [2.05, 4.69) is 71.5 Å². The molecule has 1 heterocycles. The predicted octanol–water partition coefficient (Wildman–Crippen LogP) is 4.51. The molecule has 2 aromatic carbocycles. The van der Waals surface area contributed by atoms with Gasteiger partial charge in [0.05, 0.1) is 6.33 Å². The molecular weight excluding hydrogens is 280 g/mol. The van der Waals surface area contributed by atoms with E-state index >= 15 is 0 Å². The monoisotopic (exact) mass is 298 g/mol. The first-order valence-electron chi connectivity index (χ1n) is 6.91. The normalized spacial score (nSPS) is 11.7. The number of halogens is 1. The Balaban J connectivity index is 0.00000161. The summed E-state index contributed by atoms with van der Waals surface area (Å²) in [4.78, 5) is 7.34. The van der Waals surface area contributed by atoms with Crippen LogP contribution in [0.4, 0.5) is 0 Å². The van der Waals surface area contributed by atoms with Gasteiger partial charge in [-0.15, -0.1) is 12.4 Å². The minimum absolute atomic E-state index is 0. The number of aromatic nitrogens is 2. The van der Waals surface area contributed by atoms with E-state index in [9.17, 15) is 0 Å². The summed E-state index contributed by atoms with van der Waals surface area (Å²) in [6.45, 7) is 2.14. The van der Waals surface area contributed by atoms with Gasteiger partial charge in [-0.2, -0.15) is 0 Å². The number of benzene rings is 2. The predicted molar refractivity (Wildman–Crippen MR) is 89.0 cm³/mol. The molecule has 3 rings (SSSR count). The zero-order valence-corrected chi connectivity index (χ0v) is 12.8. The minimum Gasteiger partial charge on any atom is -0.348 e. The van der Waals surface area contributed by atoms with Gasteiger partial charge in [-0.1, -0.05) is 60.2 Å². The Morgan fingerprint density at radius 1 is 1.00 bits per heavy atom. The number of nitrogens with one attached hydrogen (secondary N) is 1. The third kappa shape index (κ3) is 3.73. The molecule has 3 aromatic rings. The fourth-order valence-corrected chi connectivity index (χ4v) is 2.62. The van der Waals surface area contributed by atoms with Crippen LogP contribution < -0.4 is 0 Å². The van der Waals surface area contributed by atoms with E-state index in [0.717, 1.165) is 6.42 Å². The maximum Gasteiger partial charge on any atom is 0.0921 e. The van der Waals surface area contributed by atoms with Gasteiger partial charge in [-0.3, -0.25) is 0 Å². The highest BCUT2D eigenvalue weighted by atomic mass is 35.5. The molecule has 0 amide bonds. The van der Waals surface area contributed by atoms with Gasteiger partial charge in [0.1, 0.15) is 0 Å². The summed E-state index contributed by atoms with van der Waals surface area (Å²) < 4.78 is 0. The van der Waals surface area contributed by atoms with Crippen molar-refractivity contribution in [1.82, 2.24) is 9.97 Å². The summed E-state index contributed by atoms with van der Waals surface area (Å²) in [6, 6.07) is 19.4. The van der Waals surface area contributed by atoms with Crippen molar-refractivity contribution < 1.29 is 0 Å². The average Bonchev–Trinajstić information content (AvgIpc) is 2.99. The Labute approximate surface area is 131 Å². The van der Waals surface area contributed by atoms with Crippen molar-refractivity contribution in [3.63, 3.8) is 0 Å². The summed E-state index contributed by atoms with van der Waals surface area (Å²) >= 11 is 0. The van der Waals surface area contributed by atoms with Gasteiger partial charge >= 0.3 is 0 Å². The molecule has 1 N–H and O–H groups in total. The van der Waals surface area contributed by atoms with Crippen LogP contribution in [-0.2, 0) is 6.42 Å². The zero-order valence-electron chi connectivity index (χ0n) is 12.0. The topological polar surface area (TPSA) is 28.7 Å². The van der Waals surface area contributed by atoms with Crippen LogP contribution >= 0.6 is 12.4 Å². The highest BCUT2D eigenvalue weighted by Crippen LogP contribution is 2.28. The maximum absolute atomic E-state index is 4.12. The number of hydrogen-bond acceptors (Lipinski definition) is 1. The van der Waals surface area contributed by atoms with E-state index < -0.39 is 0 Å². The van der Waals surface area contributed by atoms with Crippen LogP contribution in [0.3, 0.4) is 0 Å². The second-order valence-electron chi connectivity index (χ2n) is 5.16. The Morgan fingerprint density at radius 3 is 2.43 bits per heavy atom. The van der Waals surface area contributed by atoms with Gasteiger partial charge in [0.25, 0.3) is 0 Å². The van der Waals surface area contributed by atoms with Crippen molar-refractivity contribution in [2.45, 2.75) is 19.3 Å². The van der Waals surface area contributed by atoms with Crippen molar-refractivity contribution in [2.75, 3.05) is 0 Å². The molecular formula is C18H19ClN2. The van der Waals surface area contributed by atoms with Crippen LogP contribution in [0, 0.1) is 6.92 Å². The lowest BCUT2D eigenvalue weighted by Gasteiger charge is -2.18. The van der Waals surface area contributed by atoms with Gasteiger partial charge in [0, 0.05) is 17.8 Å². The van der Waals surface area contributed by atoms with E-state index in [0.29, 0.717) is 5.92 Å². The van der Waals surface area contributed by atoms with Crippen LogP contribution in [0.2, 0.25) is 0 Å². The molecule has 0 aliphatic heterocycles. The fourth-order valence-electron chi connectivity index (χ4n) is 2.62. The van der Waals surface area contributed by atoms with Crippen LogP contribution in [0.15, 0.2) is 67.1 Å². The number of imidazole rings is 1. The van der Waals surface area contributed by atoms with Crippen molar-refractivity contribution in [1.29, 1.82) is 0 Å². The number of nitrogens with zero attached hydrogens (tertiary/aromatic N) is 1. The molecule has 3 heteroatoms. The van der Waals surface area contributed by atoms with E-state index in [1.807, 2.05) is 6.20 Å². The van der Waals surface area contributed by atoms with Gasteiger partial charge < -0.3 is 4.98 Å². The largest absolute Gasteiger partial charge is 0.348 e. The number of aryl methyl sites for hydroxylation is 1. The number of aromatic amines is 1. The SMILES string of the molecule is Cc1cccc(C(Cc2cnc[nH]2)c2ccccc2)c1.Cl. The molecule has 21 heavy (non-hydrogen) atoms. The highest BCUT2D eigenvalue weighted by Gasteiger charge is 2.15. The highest BCUT2D eigenvalue weighted by molar-refractivity contribution is 5.85. The maximum atomic E-state index is 4.12. The quantitative estimate of drug-likeness (QED) is 0.754. The lowest BCUT2D eigenvalue weighted by molar-refractivity contribution is 0.787. The zero-order chi connectivity index (χ0) is 13.8. The molecule has 1 unspecified atom stereocenters. The van der Waals surface area contributed by atoms with Crippen molar-refractivity contribution in [3.8, 4) is 0 Å². The number of H-pyrrole nitrogens is 1. The smallest absolute Gasteiger partial charge is 0.0921 e. The van der Waals surface area contributed by atoms with Gasteiger partial charge in [0.15, 0.2) is 0 Å². The molecule has 108 valence electrons. The second kappa shape index (κ2) is 7.09. The van der Waals surface area contributed by atoms with Gasteiger partial charge in [-0.25, -0.2) is 4.98 Å². The summed E-state index contributed by atoms with van der Waals surface area (Å²) in [5.74, 6) is 0.358. The first-order valence-corrected chi connectivity index (χ1v) is 6.91. The molecule has 1 aromatic heterocycles. The molecule has 0 saturated heterocycles. The second-order valence-corrected chi connectivity index (χ2v) is 5.16. The number of hydrogen-bond donors (Lipinski definition) is 1. The fraction of sp³-hybridized carbons (Fsp3) is 0.167. The molecule has 0 aliphatic carbocycles. The lowest BCUT2D eigenvalue weighted by atomic mass is 9.87. The lowest BCUT2D eigenvalue weighted by Crippen LogP contribution is -2.05. The molecule has 2 nitrogen and oxygen atoms in total. The van der Waals surface area contributed by atoms with Crippen LogP contribution in [0.1, 0.15) is 28.3 Å². The first-order chi connectivity index (χ1) is 9.83. The first kappa shape index (κ1) is 15.3. The molecule has 0 saturated carbocycles. The summed E-state index contributed by atoms with van der Waals surface area (Å²) in [5.41, 5.74) is 5.16. The minimum atomic E-state index is 0.